The highest BCUT2D eigenvalue weighted by Crippen LogP contribution is 2.30. The van der Waals surface area contributed by atoms with E-state index in [1.807, 2.05) is 0 Å². The maximum absolute atomic E-state index is 12.1. The minimum Gasteiger partial charge on any atom is -0.394 e. The molecular formula is C13H17N3O6. The number of ether oxygens (including phenoxy) is 1. The highest BCUT2D eigenvalue weighted by atomic mass is 16.5. The van der Waals surface area contributed by atoms with Crippen molar-refractivity contribution in [3.8, 4) is 0 Å². The minimum atomic E-state index is -1.01. The first kappa shape index (κ1) is 16.3. The van der Waals surface area contributed by atoms with Gasteiger partial charge in [0.05, 0.1) is 18.3 Å². The van der Waals surface area contributed by atoms with Crippen molar-refractivity contribution in [2.24, 2.45) is 0 Å². The van der Waals surface area contributed by atoms with Crippen LogP contribution in [-0.4, -0.2) is 50.1 Å². The molecule has 0 radical (unpaired) electrons. The second kappa shape index (κ2) is 5.95. The van der Waals surface area contributed by atoms with Crippen molar-refractivity contribution in [3.63, 3.8) is 0 Å². The fourth-order valence-corrected chi connectivity index (χ4v) is 2.55. The molecule has 1 aliphatic heterocycles. The van der Waals surface area contributed by atoms with Crippen molar-refractivity contribution in [2.75, 3.05) is 12.3 Å². The molecule has 120 valence electrons. The Hall–Kier alpha value is -2.10. The van der Waals surface area contributed by atoms with E-state index in [2.05, 4.69) is 4.98 Å². The average Bonchev–Trinajstić information content (AvgIpc) is 2.77. The third kappa shape index (κ3) is 2.65. The van der Waals surface area contributed by atoms with Gasteiger partial charge in [0.15, 0.2) is 11.6 Å². The number of hydrogen-bond acceptors (Lipinski definition) is 8. The van der Waals surface area contributed by atoms with E-state index in [1.165, 1.54) is 13.8 Å². The van der Waals surface area contributed by atoms with Crippen LogP contribution in [0.4, 0.5) is 5.82 Å². The van der Waals surface area contributed by atoms with Crippen molar-refractivity contribution in [2.45, 2.75) is 38.7 Å². The SMILES string of the molecule is CC(=O)c1c(N)nc(=O)n([C@H]2C[C@H](O)[C@@H](CO)O2)c1C(C)=O. The third-order valence-electron chi connectivity index (χ3n) is 3.51. The van der Waals surface area contributed by atoms with Gasteiger partial charge in [0, 0.05) is 13.3 Å². The van der Waals surface area contributed by atoms with Gasteiger partial charge in [-0.05, 0) is 6.92 Å². The first-order valence-electron chi connectivity index (χ1n) is 6.66. The van der Waals surface area contributed by atoms with E-state index in [9.17, 15) is 19.5 Å². The van der Waals surface area contributed by atoms with Gasteiger partial charge < -0.3 is 20.7 Å². The zero-order valence-electron chi connectivity index (χ0n) is 12.1. The Balaban J connectivity index is 2.66. The molecule has 3 atom stereocenters. The molecule has 1 aliphatic rings. The number of carbonyl (C=O) groups excluding carboxylic acids is 2. The molecule has 9 heteroatoms. The summed E-state index contributed by atoms with van der Waals surface area (Å²) in [4.78, 5) is 39.3. The molecule has 0 saturated carbocycles. The van der Waals surface area contributed by atoms with Crippen LogP contribution in [0.5, 0.6) is 0 Å². The second-order valence-corrected chi connectivity index (χ2v) is 5.10. The van der Waals surface area contributed by atoms with Crippen LogP contribution >= 0.6 is 0 Å². The van der Waals surface area contributed by atoms with Crippen LogP contribution in [0.25, 0.3) is 0 Å². The summed E-state index contributed by atoms with van der Waals surface area (Å²) >= 11 is 0. The van der Waals surface area contributed by atoms with E-state index in [4.69, 9.17) is 15.6 Å². The molecule has 22 heavy (non-hydrogen) atoms. The zero-order chi connectivity index (χ0) is 16.6. The summed E-state index contributed by atoms with van der Waals surface area (Å²) in [6, 6.07) is 0. The maximum atomic E-state index is 12.1. The summed E-state index contributed by atoms with van der Waals surface area (Å²) in [5.41, 5.74) is 4.36. The fourth-order valence-electron chi connectivity index (χ4n) is 2.55. The number of anilines is 1. The highest BCUT2D eigenvalue weighted by Gasteiger charge is 2.37. The first-order valence-corrected chi connectivity index (χ1v) is 6.66. The first-order chi connectivity index (χ1) is 10.3. The molecule has 1 aromatic heterocycles. The molecule has 1 fully saturated rings. The van der Waals surface area contributed by atoms with Gasteiger partial charge in [-0.15, -0.1) is 0 Å². The number of nitrogens with zero attached hydrogens (tertiary/aromatic N) is 2. The summed E-state index contributed by atoms with van der Waals surface area (Å²) in [6.45, 7) is 1.95. The number of carbonyl (C=O) groups is 2. The maximum Gasteiger partial charge on any atom is 0.352 e. The number of aliphatic hydroxyl groups excluding tert-OH is 2. The summed E-state index contributed by atoms with van der Waals surface area (Å²) in [7, 11) is 0. The monoisotopic (exact) mass is 311 g/mol. The lowest BCUT2D eigenvalue weighted by atomic mass is 10.1. The summed E-state index contributed by atoms with van der Waals surface area (Å²) in [6.07, 6.45) is -2.91. The summed E-state index contributed by atoms with van der Waals surface area (Å²) in [5.74, 6) is -1.39. The van der Waals surface area contributed by atoms with Crippen LogP contribution in [0, 0.1) is 0 Å². The number of aliphatic hydroxyl groups is 2. The van der Waals surface area contributed by atoms with Crippen LogP contribution in [0.15, 0.2) is 4.79 Å². The molecule has 0 aliphatic carbocycles. The lowest BCUT2D eigenvalue weighted by Gasteiger charge is -2.19. The zero-order valence-corrected chi connectivity index (χ0v) is 12.1. The predicted octanol–water partition coefficient (Wildman–Crippen LogP) is -1.13. The van der Waals surface area contributed by atoms with E-state index >= 15 is 0 Å². The Labute approximate surface area is 125 Å². The largest absolute Gasteiger partial charge is 0.394 e. The van der Waals surface area contributed by atoms with Crippen LogP contribution in [-0.2, 0) is 4.74 Å². The van der Waals surface area contributed by atoms with E-state index < -0.39 is 42.3 Å². The van der Waals surface area contributed by atoms with Crippen LogP contribution in [0.2, 0.25) is 0 Å². The molecule has 1 saturated heterocycles. The Bertz CT molecular complexity index is 683. The summed E-state index contributed by atoms with van der Waals surface area (Å²) in [5, 5.41) is 18.9. The summed E-state index contributed by atoms with van der Waals surface area (Å²) < 4.78 is 6.28. The normalized spacial score (nSPS) is 24.5. The molecule has 0 aromatic carbocycles. The Morgan fingerprint density at radius 2 is 2.05 bits per heavy atom. The van der Waals surface area contributed by atoms with Crippen molar-refractivity contribution in [1.29, 1.82) is 0 Å². The van der Waals surface area contributed by atoms with Crippen LogP contribution in [0.1, 0.15) is 47.3 Å². The second-order valence-electron chi connectivity index (χ2n) is 5.10. The van der Waals surface area contributed by atoms with Gasteiger partial charge in [-0.3, -0.25) is 14.2 Å². The molecule has 2 rings (SSSR count). The van der Waals surface area contributed by atoms with Gasteiger partial charge in [-0.2, -0.15) is 4.98 Å². The molecule has 1 aromatic rings. The highest BCUT2D eigenvalue weighted by molar-refractivity contribution is 6.08. The van der Waals surface area contributed by atoms with E-state index in [0.717, 1.165) is 4.57 Å². The van der Waals surface area contributed by atoms with E-state index in [1.54, 1.807) is 0 Å². The van der Waals surface area contributed by atoms with Crippen LogP contribution < -0.4 is 11.4 Å². The Morgan fingerprint density at radius 3 is 2.50 bits per heavy atom. The number of nitrogen functional groups attached to an aromatic ring is 1. The number of Topliss-reactive ketones (excluding diaryl/α,β-unsaturated/α-hetero) is 2. The molecule has 0 bridgehead atoms. The number of hydrogen-bond donors (Lipinski definition) is 3. The lowest BCUT2D eigenvalue weighted by molar-refractivity contribution is -0.0464. The van der Waals surface area contributed by atoms with Gasteiger partial charge in [-0.25, -0.2) is 4.79 Å². The van der Waals surface area contributed by atoms with Gasteiger partial charge >= 0.3 is 5.69 Å². The van der Waals surface area contributed by atoms with Gasteiger partial charge in [-0.1, -0.05) is 0 Å². The third-order valence-corrected chi connectivity index (χ3v) is 3.51. The average molecular weight is 311 g/mol. The van der Waals surface area contributed by atoms with E-state index in [-0.39, 0.29) is 23.5 Å². The Kier molecular flexibility index (Phi) is 4.40. The Morgan fingerprint density at radius 1 is 1.41 bits per heavy atom. The predicted molar refractivity (Wildman–Crippen MR) is 74.5 cm³/mol. The van der Waals surface area contributed by atoms with Crippen molar-refractivity contribution in [1.82, 2.24) is 9.55 Å². The van der Waals surface area contributed by atoms with Gasteiger partial charge in [0.25, 0.3) is 0 Å². The molecule has 9 nitrogen and oxygen atoms in total. The van der Waals surface area contributed by atoms with Crippen molar-refractivity contribution in [3.05, 3.63) is 21.7 Å². The molecular weight excluding hydrogens is 294 g/mol. The topological polar surface area (TPSA) is 145 Å². The van der Waals surface area contributed by atoms with Crippen molar-refractivity contribution >= 4 is 17.4 Å². The quantitative estimate of drug-likeness (QED) is 0.592. The molecule has 0 unspecified atom stereocenters. The van der Waals surface area contributed by atoms with Gasteiger partial charge in [0.2, 0.25) is 0 Å². The number of ketones is 2. The van der Waals surface area contributed by atoms with Crippen molar-refractivity contribution < 1.29 is 24.5 Å². The molecule has 4 N–H and O–H groups in total. The standard InChI is InChI=1S/C13H17N3O6/c1-5(18)10-11(6(2)19)16(13(21)15-12(10)14)9-3-7(20)8(4-17)22-9/h7-9,17,20H,3-4H2,1-2H3,(H2,14,15,21)/t7-,8+,9+/m0/s1. The van der Waals surface area contributed by atoms with E-state index in [0.29, 0.717) is 0 Å². The molecule has 2 heterocycles. The van der Waals surface area contributed by atoms with Gasteiger partial charge in [0.1, 0.15) is 23.8 Å². The number of aromatic nitrogens is 2. The fraction of sp³-hybridized carbons (Fsp3) is 0.538. The molecule has 0 amide bonds. The smallest absolute Gasteiger partial charge is 0.352 e. The lowest BCUT2D eigenvalue weighted by Crippen LogP contribution is -2.35. The minimum absolute atomic E-state index is 0.0195. The number of rotatable bonds is 4. The number of nitrogens with two attached hydrogens (primary N) is 1. The molecule has 0 spiro atoms. The van der Waals surface area contributed by atoms with Crippen LogP contribution in [0.3, 0.4) is 0 Å².